The van der Waals surface area contributed by atoms with Crippen LogP contribution in [0.5, 0.6) is 5.75 Å². The summed E-state index contributed by atoms with van der Waals surface area (Å²) in [6, 6.07) is 10.6. The van der Waals surface area contributed by atoms with Crippen molar-refractivity contribution in [2.45, 2.75) is 64.0 Å². The largest absolute Gasteiger partial charge is 0.507 e. The lowest BCUT2D eigenvalue weighted by Crippen LogP contribution is -2.16. The lowest BCUT2D eigenvalue weighted by atomic mass is 9.89. The van der Waals surface area contributed by atoms with Crippen LogP contribution in [0.3, 0.4) is 0 Å². The van der Waals surface area contributed by atoms with Crippen molar-refractivity contribution in [3.05, 3.63) is 85.1 Å². The van der Waals surface area contributed by atoms with E-state index >= 15 is 0 Å². The van der Waals surface area contributed by atoms with Crippen LogP contribution in [0.15, 0.2) is 51.7 Å². The van der Waals surface area contributed by atoms with Crippen molar-refractivity contribution in [1.29, 1.82) is 0 Å². The summed E-state index contributed by atoms with van der Waals surface area (Å²) in [5.41, 5.74) is -0.229. The molecule has 33 heavy (non-hydrogen) atoms. The smallest absolute Gasteiger partial charge is 0.416 e. The van der Waals surface area contributed by atoms with Crippen LogP contribution < -0.4 is 5.63 Å². The molecule has 0 spiro atoms. The molecule has 1 aliphatic carbocycles. The van der Waals surface area contributed by atoms with Crippen LogP contribution in [0.2, 0.25) is 0 Å². The quantitative estimate of drug-likeness (QED) is 0.368. The van der Waals surface area contributed by atoms with Crippen molar-refractivity contribution in [1.82, 2.24) is 0 Å². The molecule has 1 fully saturated rings. The topological polar surface area (TPSA) is 50.4 Å². The van der Waals surface area contributed by atoms with Crippen LogP contribution >= 0.6 is 11.3 Å². The molecule has 2 heterocycles. The Morgan fingerprint density at radius 3 is 2.36 bits per heavy atom. The van der Waals surface area contributed by atoms with Gasteiger partial charge in [0.25, 0.3) is 0 Å². The fourth-order valence-corrected chi connectivity index (χ4v) is 5.46. The van der Waals surface area contributed by atoms with Gasteiger partial charge in [-0.3, -0.25) is 0 Å². The molecule has 0 aliphatic heterocycles. The van der Waals surface area contributed by atoms with Crippen molar-refractivity contribution in [2.24, 2.45) is 5.92 Å². The van der Waals surface area contributed by atoms with Crippen LogP contribution in [0, 0.1) is 12.8 Å². The normalized spacial score (nSPS) is 16.0. The van der Waals surface area contributed by atoms with Gasteiger partial charge in [0.15, 0.2) is 0 Å². The van der Waals surface area contributed by atoms with Gasteiger partial charge in [-0.2, -0.15) is 13.2 Å². The number of benzene rings is 1. The van der Waals surface area contributed by atoms with Crippen molar-refractivity contribution in [2.75, 3.05) is 0 Å². The van der Waals surface area contributed by atoms with Crippen molar-refractivity contribution in [3.63, 3.8) is 0 Å². The van der Waals surface area contributed by atoms with Crippen LogP contribution in [-0.4, -0.2) is 5.11 Å². The molecule has 0 radical (unpaired) electrons. The molecule has 0 bridgehead atoms. The van der Waals surface area contributed by atoms with E-state index in [4.69, 9.17) is 4.42 Å². The zero-order valence-corrected chi connectivity index (χ0v) is 19.4. The molecule has 2 atom stereocenters. The van der Waals surface area contributed by atoms with Gasteiger partial charge in [-0.05, 0) is 61.9 Å². The molecule has 2 unspecified atom stereocenters. The molecule has 4 rings (SSSR count). The number of hydrogen-bond acceptors (Lipinski definition) is 4. The van der Waals surface area contributed by atoms with Crippen LogP contribution in [0.1, 0.15) is 76.6 Å². The standard InChI is InChI=1S/C26H27F3O3S/c1-3-20(23-11-4-15(2)33-23)24-21(30)14-22(32-25(24)31)18(12-16-5-6-16)13-17-7-9-19(10-8-17)26(27,28)29/h4,7-11,14,16,18,20,30H,3,5-6,12-13H2,1-2H3. The van der Waals surface area contributed by atoms with E-state index in [0.29, 0.717) is 24.5 Å². The predicted octanol–water partition coefficient (Wildman–Crippen LogP) is 7.40. The third kappa shape index (κ3) is 5.52. The number of halogens is 3. The van der Waals surface area contributed by atoms with Crippen molar-refractivity contribution < 1.29 is 22.7 Å². The minimum Gasteiger partial charge on any atom is -0.507 e. The third-order valence-electron chi connectivity index (χ3n) is 6.33. The molecule has 1 aliphatic rings. The van der Waals surface area contributed by atoms with Gasteiger partial charge in [0.05, 0.1) is 11.1 Å². The van der Waals surface area contributed by atoms with Gasteiger partial charge in [0.1, 0.15) is 11.5 Å². The van der Waals surface area contributed by atoms with E-state index in [0.717, 1.165) is 46.7 Å². The van der Waals surface area contributed by atoms with Crippen molar-refractivity contribution in [3.8, 4) is 5.75 Å². The molecule has 1 saturated carbocycles. The maximum Gasteiger partial charge on any atom is 0.416 e. The van der Waals surface area contributed by atoms with Gasteiger partial charge >= 0.3 is 11.8 Å². The monoisotopic (exact) mass is 476 g/mol. The van der Waals surface area contributed by atoms with Crippen molar-refractivity contribution >= 4 is 11.3 Å². The van der Waals surface area contributed by atoms with Crippen LogP contribution in [0.4, 0.5) is 13.2 Å². The fourth-order valence-electron chi connectivity index (χ4n) is 4.39. The second kappa shape index (κ2) is 9.37. The first-order chi connectivity index (χ1) is 15.7. The first kappa shape index (κ1) is 23.6. The van der Waals surface area contributed by atoms with Gasteiger partial charge < -0.3 is 9.52 Å². The Hall–Kier alpha value is -2.54. The second-order valence-corrected chi connectivity index (χ2v) is 10.2. The first-order valence-electron chi connectivity index (χ1n) is 11.2. The molecule has 1 N–H and O–H groups in total. The molecular formula is C26H27F3O3S. The molecule has 1 aromatic carbocycles. The van der Waals surface area contributed by atoms with Crippen LogP contribution in [0.25, 0.3) is 0 Å². The fraction of sp³-hybridized carbons (Fsp3) is 0.423. The average Bonchev–Trinajstić information content (AvgIpc) is 3.47. The summed E-state index contributed by atoms with van der Waals surface area (Å²) in [4.78, 5) is 15.1. The van der Waals surface area contributed by atoms with Gasteiger partial charge in [-0.1, -0.05) is 31.9 Å². The average molecular weight is 477 g/mol. The van der Waals surface area contributed by atoms with Gasteiger partial charge in [0, 0.05) is 27.7 Å². The molecule has 0 amide bonds. The summed E-state index contributed by atoms with van der Waals surface area (Å²) in [6.07, 6.45) is -0.339. The lowest BCUT2D eigenvalue weighted by Gasteiger charge is -2.19. The Bertz CT molecular complexity index is 1160. The Labute approximate surface area is 194 Å². The minimum atomic E-state index is -4.38. The number of rotatable bonds is 8. The van der Waals surface area contributed by atoms with E-state index in [1.165, 1.54) is 18.2 Å². The highest BCUT2D eigenvalue weighted by atomic mass is 32.1. The molecule has 7 heteroatoms. The highest BCUT2D eigenvalue weighted by molar-refractivity contribution is 7.12. The van der Waals surface area contributed by atoms with E-state index in [1.807, 2.05) is 26.0 Å². The van der Waals surface area contributed by atoms with Gasteiger partial charge in [-0.15, -0.1) is 11.3 Å². The van der Waals surface area contributed by atoms with Gasteiger partial charge in [0.2, 0.25) is 0 Å². The molecule has 3 nitrogen and oxygen atoms in total. The SMILES string of the molecule is CCC(c1ccc(C)s1)c1c(O)cc(C(Cc2ccc(C(F)(F)F)cc2)CC2CC2)oc1=O. The number of aromatic hydroxyl groups is 1. The molecule has 3 aromatic rings. The Morgan fingerprint density at radius 2 is 1.85 bits per heavy atom. The third-order valence-corrected chi connectivity index (χ3v) is 7.44. The first-order valence-corrected chi connectivity index (χ1v) is 12.1. The lowest BCUT2D eigenvalue weighted by molar-refractivity contribution is -0.137. The summed E-state index contributed by atoms with van der Waals surface area (Å²) in [5.74, 6) is 0.392. The predicted molar refractivity (Wildman–Crippen MR) is 123 cm³/mol. The second-order valence-electron chi connectivity index (χ2n) is 8.92. The minimum absolute atomic E-state index is 0.0765. The summed E-state index contributed by atoms with van der Waals surface area (Å²) in [5, 5.41) is 10.9. The zero-order chi connectivity index (χ0) is 23.8. The molecule has 0 saturated heterocycles. The molecule has 176 valence electrons. The van der Waals surface area contributed by atoms with E-state index < -0.39 is 17.4 Å². The summed E-state index contributed by atoms with van der Waals surface area (Å²) in [7, 11) is 0. The summed E-state index contributed by atoms with van der Waals surface area (Å²) >= 11 is 1.59. The Morgan fingerprint density at radius 1 is 1.15 bits per heavy atom. The molecule has 2 aromatic heterocycles. The highest BCUT2D eigenvalue weighted by Gasteiger charge is 2.32. The van der Waals surface area contributed by atoms with E-state index in [-0.39, 0.29) is 23.1 Å². The maximum atomic E-state index is 13.0. The Balaban J connectivity index is 1.63. The van der Waals surface area contributed by atoms with E-state index in [2.05, 4.69) is 0 Å². The van der Waals surface area contributed by atoms with Gasteiger partial charge in [-0.25, -0.2) is 4.79 Å². The number of hydrogen-bond donors (Lipinski definition) is 1. The highest BCUT2D eigenvalue weighted by Crippen LogP contribution is 2.42. The zero-order valence-electron chi connectivity index (χ0n) is 18.6. The number of alkyl halides is 3. The summed E-state index contributed by atoms with van der Waals surface area (Å²) < 4.78 is 44.4. The summed E-state index contributed by atoms with van der Waals surface area (Å²) in [6.45, 7) is 3.96. The van der Waals surface area contributed by atoms with E-state index in [1.54, 1.807) is 11.3 Å². The number of aryl methyl sites for hydroxylation is 1. The number of thiophene rings is 1. The Kier molecular flexibility index (Phi) is 6.71. The molecular weight excluding hydrogens is 449 g/mol. The van der Waals surface area contributed by atoms with E-state index in [9.17, 15) is 23.1 Å². The van der Waals surface area contributed by atoms with Crippen LogP contribution in [-0.2, 0) is 12.6 Å². The maximum absolute atomic E-state index is 13.0.